The summed E-state index contributed by atoms with van der Waals surface area (Å²) in [6, 6.07) is 8.65. The number of rotatable bonds is 6. The molecule has 0 heteroatoms. The van der Waals surface area contributed by atoms with Crippen LogP contribution in [-0.2, 0) is 0 Å². The molecule has 0 saturated heterocycles. The second kappa shape index (κ2) is 8.15. The molecule has 1 aliphatic carbocycles. The summed E-state index contributed by atoms with van der Waals surface area (Å²) < 4.78 is 0. The molecule has 1 aliphatic rings. The van der Waals surface area contributed by atoms with E-state index in [4.69, 9.17) is 6.42 Å². The SMILES string of the molecule is C#Cc1ccc([C@H]2CC[C@H](CCCCCC)CC2)cc1. The Labute approximate surface area is 125 Å². The summed E-state index contributed by atoms with van der Waals surface area (Å²) in [5.41, 5.74) is 2.49. The lowest BCUT2D eigenvalue weighted by Crippen LogP contribution is -2.13. The molecule has 0 spiro atoms. The molecule has 0 amide bonds. The van der Waals surface area contributed by atoms with Crippen LogP contribution in [0.4, 0.5) is 0 Å². The van der Waals surface area contributed by atoms with Gasteiger partial charge in [-0.05, 0) is 55.2 Å². The Balaban J connectivity index is 1.74. The number of hydrogen-bond acceptors (Lipinski definition) is 0. The van der Waals surface area contributed by atoms with E-state index in [1.54, 1.807) is 0 Å². The van der Waals surface area contributed by atoms with Crippen molar-refractivity contribution in [3.05, 3.63) is 35.4 Å². The molecule has 1 aromatic carbocycles. The maximum absolute atomic E-state index is 5.41. The Morgan fingerprint density at radius 2 is 1.70 bits per heavy atom. The molecule has 108 valence electrons. The van der Waals surface area contributed by atoms with Crippen molar-refractivity contribution in [2.45, 2.75) is 70.6 Å². The Morgan fingerprint density at radius 3 is 2.30 bits per heavy atom. The molecule has 0 heterocycles. The summed E-state index contributed by atoms with van der Waals surface area (Å²) in [5, 5.41) is 0. The maximum atomic E-state index is 5.41. The standard InChI is InChI=1S/C20H28/c1-3-5-6-7-8-18-11-15-20(16-12-18)19-13-9-17(4-2)10-14-19/h2,9-10,13-14,18,20H,3,5-8,11-12,15-16H2,1H3/t18-,20-. The molecular weight excluding hydrogens is 240 g/mol. The minimum absolute atomic E-state index is 0.772. The number of hydrogen-bond donors (Lipinski definition) is 0. The lowest BCUT2D eigenvalue weighted by molar-refractivity contribution is 0.302. The first-order valence-electron chi connectivity index (χ1n) is 8.40. The molecule has 2 rings (SSSR count). The van der Waals surface area contributed by atoms with Crippen LogP contribution in [0.15, 0.2) is 24.3 Å². The van der Waals surface area contributed by atoms with Gasteiger partial charge in [0.05, 0.1) is 0 Å². The van der Waals surface area contributed by atoms with Gasteiger partial charge in [0.15, 0.2) is 0 Å². The van der Waals surface area contributed by atoms with E-state index < -0.39 is 0 Å². The van der Waals surface area contributed by atoms with Crippen molar-refractivity contribution >= 4 is 0 Å². The van der Waals surface area contributed by atoms with Gasteiger partial charge in [-0.2, -0.15) is 0 Å². The molecule has 0 atom stereocenters. The van der Waals surface area contributed by atoms with Gasteiger partial charge in [0, 0.05) is 5.56 Å². The van der Waals surface area contributed by atoms with Gasteiger partial charge < -0.3 is 0 Å². The summed E-state index contributed by atoms with van der Waals surface area (Å²) in [4.78, 5) is 0. The summed E-state index contributed by atoms with van der Waals surface area (Å²) in [6.45, 7) is 2.29. The van der Waals surface area contributed by atoms with Crippen molar-refractivity contribution in [2.75, 3.05) is 0 Å². The van der Waals surface area contributed by atoms with E-state index in [1.165, 1.54) is 63.4 Å². The molecule has 1 saturated carbocycles. The molecule has 20 heavy (non-hydrogen) atoms. The van der Waals surface area contributed by atoms with Crippen LogP contribution in [0.25, 0.3) is 0 Å². The first-order valence-corrected chi connectivity index (χ1v) is 8.40. The highest BCUT2D eigenvalue weighted by molar-refractivity contribution is 5.35. The minimum Gasteiger partial charge on any atom is -0.115 e. The summed E-state index contributed by atoms with van der Waals surface area (Å²) in [7, 11) is 0. The van der Waals surface area contributed by atoms with Crippen LogP contribution in [0, 0.1) is 18.3 Å². The van der Waals surface area contributed by atoms with Crippen LogP contribution in [0.2, 0.25) is 0 Å². The highest BCUT2D eigenvalue weighted by Crippen LogP contribution is 2.37. The van der Waals surface area contributed by atoms with Crippen molar-refractivity contribution < 1.29 is 0 Å². The zero-order valence-corrected chi connectivity index (χ0v) is 12.9. The average molecular weight is 268 g/mol. The monoisotopic (exact) mass is 268 g/mol. The normalized spacial score (nSPS) is 22.4. The maximum Gasteiger partial charge on any atom is 0.0242 e. The number of terminal acetylenes is 1. The van der Waals surface area contributed by atoms with Gasteiger partial charge in [0.25, 0.3) is 0 Å². The fraction of sp³-hybridized carbons (Fsp3) is 0.600. The van der Waals surface area contributed by atoms with E-state index in [-0.39, 0.29) is 0 Å². The molecule has 0 aromatic heterocycles. The summed E-state index contributed by atoms with van der Waals surface area (Å²) >= 11 is 0. The van der Waals surface area contributed by atoms with Gasteiger partial charge in [-0.1, -0.05) is 57.1 Å². The molecule has 0 aliphatic heterocycles. The van der Waals surface area contributed by atoms with Crippen LogP contribution >= 0.6 is 0 Å². The molecule has 1 fully saturated rings. The minimum atomic E-state index is 0.772. The highest BCUT2D eigenvalue weighted by atomic mass is 14.3. The molecule has 0 bridgehead atoms. The third-order valence-electron chi connectivity index (χ3n) is 4.86. The summed E-state index contributed by atoms with van der Waals surface area (Å²) in [6.07, 6.45) is 18.1. The van der Waals surface area contributed by atoms with E-state index in [0.717, 1.165) is 17.4 Å². The van der Waals surface area contributed by atoms with E-state index in [2.05, 4.69) is 37.1 Å². The quantitative estimate of drug-likeness (QED) is 0.444. The fourth-order valence-electron chi connectivity index (χ4n) is 3.50. The smallest absolute Gasteiger partial charge is 0.0242 e. The Bertz CT molecular complexity index is 412. The van der Waals surface area contributed by atoms with E-state index in [9.17, 15) is 0 Å². The predicted octanol–water partition coefficient (Wildman–Crippen LogP) is 5.91. The number of benzene rings is 1. The summed E-state index contributed by atoms with van der Waals surface area (Å²) in [5.74, 6) is 4.46. The van der Waals surface area contributed by atoms with Crippen molar-refractivity contribution in [1.82, 2.24) is 0 Å². The topological polar surface area (TPSA) is 0 Å². The van der Waals surface area contributed by atoms with Crippen LogP contribution in [-0.4, -0.2) is 0 Å². The van der Waals surface area contributed by atoms with Gasteiger partial charge in [-0.25, -0.2) is 0 Å². The largest absolute Gasteiger partial charge is 0.115 e. The Morgan fingerprint density at radius 1 is 1.00 bits per heavy atom. The molecule has 0 unspecified atom stereocenters. The van der Waals surface area contributed by atoms with E-state index in [1.807, 2.05) is 0 Å². The predicted molar refractivity (Wildman–Crippen MR) is 87.8 cm³/mol. The zero-order chi connectivity index (χ0) is 14.2. The lowest BCUT2D eigenvalue weighted by Gasteiger charge is -2.29. The van der Waals surface area contributed by atoms with Crippen LogP contribution in [0.1, 0.15) is 81.8 Å². The van der Waals surface area contributed by atoms with E-state index >= 15 is 0 Å². The third-order valence-corrected chi connectivity index (χ3v) is 4.86. The Kier molecular flexibility index (Phi) is 6.19. The van der Waals surface area contributed by atoms with Gasteiger partial charge in [0.1, 0.15) is 0 Å². The molecule has 0 N–H and O–H groups in total. The highest BCUT2D eigenvalue weighted by Gasteiger charge is 2.21. The zero-order valence-electron chi connectivity index (χ0n) is 12.9. The first kappa shape index (κ1) is 15.2. The second-order valence-electron chi connectivity index (χ2n) is 6.33. The Hall–Kier alpha value is -1.22. The van der Waals surface area contributed by atoms with Crippen molar-refractivity contribution in [1.29, 1.82) is 0 Å². The molecule has 0 radical (unpaired) electrons. The van der Waals surface area contributed by atoms with Crippen molar-refractivity contribution in [3.63, 3.8) is 0 Å². The first-order chi connectivity index (χ1) is 9.83. The molecule has 1 aromatic rings. The average Bonchev–Trinajstić information content (AvgIpc) is 2.52. The van der Waals surface area contributed by atoms with Crippen LogP contribution in [0.3, 0.4) is 0 Å². The second-order valence-corrected chi connectivity index (χ2v) is 6.33. The van der Waals surface area contributed by atoms with Crippen molar-refractivity contribution in [3.8, 4) is 12.3 Å². The van der Waals surface area contributed by atoms with Crippen molar-refractivity contribution in [2.24, 2.45) is 5.92 Å². The van der Waals surface area contributed by atoms with E-state index in [0.29, 0.717) is 0 Å². The van der Waals surface area contributed by atoms with Gasteiger partial charge in [-0.15, -0.1) is 6.42 Å². The van der Waals surface area contributed by atoms with Gasteiger partial charge in [-0.3, -0.25) is 0 Å². The number of unbranched alkanes of at least 4 members (excludes halogenated alkanes) is 3. The lowest BCUT2D eigenvalue weighted by atomic mass is 9.77. The van der Waals surface area contributed by atoms with Crippen LogP contribution in [0.5, 0.6) is 0 Å². The fourth-order valence-corrected chi connectivity index (χ4v) is 3.50. The molecule has 0 nitrogen and oxygen atoms in total. The third kappa shape index (κ3) is 4.41. The van der Waals surface area contributed by atoms with Gasteiger partial charge in [0.2, 0.25) is 0 Å². The van der Waals surface area contributed by atoms with Crippen LogP contribution < -0.4 is 0 Å². The molecular formula is C20H28. The van der Waals surface area contributed by atoms with Gasteiger partial charge >= 0.3 is 0 Å².